The lowest BCUT2D eigenvalue weighted by molar-refractivity contribution is 0.0693. The molecule has 0 saturated carbocycles. The average molecular weight is 263 g/mol. The second-order valence-electron chi connectivity index (χ2n) is 3.81. The normalized spacial score (nSPS) is 10.1. The number of aryl methyl sites for hydroxylation is 1. The van der Waals surface area contributed by atoms with Gasteiger partial charge in [-0.2, -0.15) is 0 Å². The molecule has 0 unspecified atom stereocenters. The van der Waals surface area contributed by atoms with Crippen LogP contribution in [0.3, 0.4) is 0 Å². The molecule has 1 N–H and O–H groups in total. The van der Waals surface area contributed by atoms with Crippen molar-refractivity contribution < 1.29 is 14.6 Å². The third-order valence-electron chi connectivity index (χ3n) is 2.49. The van der Waals surface area contributed by atoms with Crippen LogP contribution in [0.15, 0.2) is 42.5 Å². The van der Waals surface area contributed by atoms with E-state index in [1.54, 1.807) is 49.4 Å². The van der Waals surface area contributed by atoms with E-state index in [-0.39, 0.29) is 5.56 Å². The predicted octanol–water partition coefficient (Wildman–Crippen LogP) is 4.14. The molecule has 3 nitrogen and oxygen atoms in total. The van der Waals surface area contributed by atoms with Crippen LogP contribution in [0.2, 0.25) is 5.02 Å². The molecule has 18 heavy (non-hydrogen) atoms. The standard InChI is InChI=1S/C14H11ClO3/c1-9-3-2-4-12(13(9)14(16)17)18-11-7-5-10(15)6-8-11/h2-8H,1H3,(H,16,17). The number of halogens is 1. The Labute approximate surface area is 110 Å². The van der Waals surface area contributed by atoms with Gasteiger partial charge in [0, 0.05) is 5.02 Å². The maximum absolute atomic E-state index is 11.2. The van der Waals surface area contributed by atoms with E-state index in [0.29, 0.717) is 22.1 Å². The molecule has 0 bridgehead atoms. The zero-order chi connectivity index (χ0) is 13.1. The molecule has 0 aliphatic heterocycles. The van der Waals surface area contributed by atoms with Crippen molar-refractivity contribution in [1.29, 1.82) is 0 Å². The monoisotopic (exact) mass is 262 g/mol. The maximum atomic E-state index is 11.2. The van der Waals surface area contributed by atoms with E-state index in [0.717, 1.165) is 0 Å². The zero-order valence-corrected chi connectivity index (χ0v) is 10.4. The van der Waals surface area contributed by atoms with E-state index in [9.17, 15) is 4.79 Å². The van der Waals surface area contributed by atoms with Crippen LogP contribution < -0.4 is 4.74 Å². The van der Waals surface area contributed by atoms with Crippen molar-refractivity contribution >= 4 is 17.6 Å². The summed E-state index contributed by atoms with van der Waals surface area (Å²) in [6.45, 7) is 1.73. The first-order chi connectivity index (χ1) is 8.58. The highest BCUT2D eigenvalue weighted by atomic mass is 35.5. The molecule has 0 fully saturated rings. The summed E-state index contributed by atoms with van der Waals surface area (Å²) in [5, 5.41) is 9.77. The van der Waals surface area contributed by atoms with Gasteiger partial charge in [-0.3, -0.25) is 0 Å². The molecule has 0 saturated heterocycles. The Morgan fingerprint density at radius 3 is 2.44 bits per heavy atom. The maximum Gasteiger partial charge on any atom is 0.339 e. The highest BCUT2D eigenvalue weighted by molar-refractivity contribution is 6.30. The van der Waals surface area contributed by atoms with Crippen LogP contribution >= 0.6 is 11.6 Å². The summed E-state index contributed by atoms with van der Waals surface area (Å²) in [6.07, 6.45) is 0. The molecule has 2 aromatic rings. The predicted molar refractivity (Wildman–Crippen MR) is 69.7 cm³/mol. The average Bonchev–Trinajstić information content (AvgIpc) is 2.32. The van der Waals surface area contributed by atoms with E-state index in [4.69, 9.17) is 21.4 Å². The molecule has 0 heterocycles. The lowest BCUT2D eigenvalue weighted by Crippen LogP contribution is -2.02. The molecule has 0 atom stereocenters. The minimum Gasteiger partial charge on any atom is -0.478 e. The van der Waals surface area contributed by atoms with Crippen LogP contribution in [0.5, 0.6) is 11.5 Å². The van der Waals surface area contributed by atoms with Gasteiger partial charge in [0.25, 0.3) is 0 Å². The Balaban J connectivity index is 2.37. The highest BCUT2D eigenvalue weighted by Crippen LogP contribution is 2.28. The quantitative estimate of drug-likeness (QED) is 0.904. The number of hydrogen-bond acceptors (Lipinski definition) is 2. The number of rotatable bonds is 3. The summed E-state index contributed by atoms with van der Waals surface area (Å²) >= 11 is 5.77. The fraction of sp³-hybridized carbons (Fsp3) is 0.0714. The molecule has 0 aromatic heterocycles. The number of aromatic carboxylic acids is 1. The van der Waals surface area contributed by atoms with Gasteiger partial charge in [0.15, 0.2) is 0 Å². The van der Waals surface area contributed by atoms with Gasteiger partial charge in [0.1, 0.15) is 17.1 Å². The van der Waals surface area contributed by atoms with Crippen molar-refractivity contribution in [3.63, 3.8) is 0 Å². The lowest BCUT2D eigenvalue weighted by Gasteiger charge is -2.10. The summed E-state index contributed by atoms with van der Waals surface area (Å²) in [6, 6.07) is 11.9. The first-order valence-electron chi connectivity index (χ1n) is 5.34. The smallest absolute Gasteiger partial charge is 0.339 e. The number of benzene rings is 2. The van der Waals surface area contributed by atoms with Crippen LogP contribution in [0.25, 0.3) is 0 Å². The lowest BCUT2D eigenvalue weighted by atomic mass is 10.1. The van der Waals surface area contributed by atoms with Crippen LogP contribution in [0.1, 0.15) is 15.9 Å². The van der Waals surface area contributed by atoms with Crippen molar-refractivity contribution in [2.75, 3.05) is 0 Å². The van der Waals surface area contributed by atoms with Gasteiger partial charge in [-0.05, 0) is 42.8 Å². The van der Waals surface area contributed by atoms with E-state index in [1.165, 1.54) is 0 Å². The number of hydrogen-bond donors (Lipinski definition) is 1. The van der Waals surface area contributed by atoms with E-state index < -0.39 is 5.97 Å². The fourth-order valence-corrected chi connectivity index (χ4v) is 1.76. The number of carboxylic acid groups (broad SMARTS) is 1. The minimum absolute atomic E-state index is 0.174. The van der Waals surface area contributed by atoms with Gasteiger partial charge in [-0.15, -0.1) is 0 Å². The van der Waals surface area contributed by atoms with Crippen LogP contribution in [0, 0.1) is 6.92 Å². The molecule has 0 aliphatic rings. The Morgan fingerprint density at radius 1 is 1.17 bits per heavy atom. The molecule has 0 aliphatic carbocycles. The van der Waals surface area contributed by atoms with Crippen LogP contribution in [-0.2, 0) is 0 Å². The number of carbonyl (C=O) groups is 1. The largest absolute Gasteiger partial charge is 0.478 e. The van der Waals surface area contributed by atoms with Crippen molar-refractivity contribution in [1.82, 2.24) is 0 Å². The molecule has 4 heteroatoms. The summed E-state index contributed by atoms with van der Waals surface area (Å²) in [5.41, 5.74) is 0.835. The Kier molecular flexibility index (Phi) is 3.53. The minimum atomic E-state index is -1.00. The Hall–Kier alpha value is -2.00. The zero-order valence-electron chi connectivity index (χ0n) is 9.68. The second kappa shape index (κ2) is 5.10. The molecular weight excluding hydrogens is 252 g/mol. The van der Waals surface area contributed by atoms with Gasteiger partial charge in [-0.25, -0.2) is 4.79 Å². The summed E-state index contributed by atoms with van der Waals surface area (Å²) in [7, 11) is 0. The molecule has 0 radical (unpaired) electrons. The summed E-state index contributed by atoms with van der Waals surface area (Å²) in [5.74, 6) is -0.130. The topological polar surface area (TPSA) is 46.5 Å². The van der Waals surface area contributed by atoms with Gasteiger partial charge in [-0.1, -0.05) is 23.7 Å². The van der Waals surface area contributed by atoms with E-state index >= 15 is 0 Å². The third-order valence-corrected chi connectivity index (χ3v) is 2.74. The van der Waals surface area contributed by atoms with Gasteiger partial charge in [0.05, 0.1) is 0 Å². The van der Waals surface area contributed by atoms with Gasteiger partial charge < -0.3 is 9.84 Å². The molecule has 92 valence electrons. The molecule has 0 amide bonds. The van der Waals surface area contributed by atoms with Crippen LogP contribution in [0.4, 0.5) is 0 Å². The van der Waals surface area contributed by atoms with Gasteiger partial charge in [0.2, 0.25) is 0 Å². The summed E-state index contributed by atoms with van der Waals surface area (Å²) < 4.78 is 5.57. The van der Waals surface area contributed by atoms with Gasteiger partial charge >= 0.3 is 5.97 Å². The van der Waals surface area contributed by atoms with Crippen LogP contribution in [-0.4, -0.2) is 11.1 Å². The SMILES string of the molecule is Cc1cccc(Oc2ccc(Cl)cc2)c1C(=O)O. The Morgan fingerprint density at radius 2 is 1.83 bits per heavy atom. The highest BCUT2D eigenvalue weighted by Gasteiger charge is 2.14. The summed E-state index contributed by atoms with van der Waals surface area (Å²) in [4.78, 5) is 11.2. The first-order valence-corrected chi connectivity index (χ1v) is 5.72. The van der Waals surface area contributed by atoms with Crippen molar-refractivity contribution in [3.8, 4) is 11.5 Å². The van der Waals surface area contributed by atoms with E-state index in [2.05, 4.69) is 0 Å². The number of carboxylic acids is 1. The van der Waals surface area contributed by atoms with Crippen molar-refractivity contribution in [3.05, 3.63) is 58.6 Å². The fourth-order valence-electron chi connectivity index (χ4n) is 1.63. The van der Waals surface area contributed by atoms with Crippen molar-refractivity contribution in [2.24, 2.45) is 0 Å². The molecule has 0 spiro atoms. The number of ether oxygens (including phenoxy) is 1. The first kappa shape index (κ1) is 12.5. The second-order valence-corrected chi connectivity index (χ2v) is 4.25. The third kappa shape index (κ3) is 2.63. The van der Waals surface area contributed by atoms with E-state index in [1.807, 2.05) is 0 Å². The molecule has 2 aromatic carbocycles. The molecule has 2 rings (SSSR count). The van der Waals surface area contributed by atoms with Crippen molar-refractivity contribution in [2.45, 2.75) is 6.92 Å². The Bertz CT molecular complexity index is 576. The molecular formula is C14H11ClO3.